The molecule has 0 saturated heterocycles. The zero-order chi connectivity index (χ0) is 18.4. The van der Waals surface area contributed by atoms with Crippen molar-refractivity contribution in [2.24, 2.45) is 5.92 Å². The summed E-state index contributed by atoms with van der Waals surface area (Å²) >= 11 is 0. The van der Waals surface area contributed by atoms with Crippen LogP contribution in [0.2, 0.25) is 0 Å². The number of rotatable bonds is 5. The number of nitriles is 1. The van der Waals surface area contributed by atoms with Gasteiger partial charge in [0.05, 0.1) is 18.7 Å². The predicted octanol–water partition coefficient (Wildman–Crippen LogP) is 4.87. The first-order valence-electron chi connectivity index (χ1n) is 9.12. The summed E-state index contributed by atoms with van der Waals surface area (Å²) in [5.74, 6) is 1.96. The molecular formula is C22H24N2O2. The van der Waals surface area contributed by atoms with E-state index in [2.05, 4.69) is 23.5 Å². The number of hydrogen-bond donors (Lipinski definition) is 1. The average molecular weight is 348 g/mol. The van der Waals surface area contributed by atoms with Crippen molar-refractivity contribution in [3.63, 3.8) is 0 Å². The van der Waals surface area contributed by atoms with Gasteiger partial charge in [-0.25, -0.2) is 0 Å². The zero-order valence-corrected chi connectivity index (χ0v) is 15.1. The summed E-state index contributed by atoms with van der Waals surface area (Å²) in [5, 5.41) is 11.7. The van der Waals surface area contributed by atoms with Crippen LogP contribution in [0.15, 0.2) is 48.5 Å². The van der Waals surface area contributed by atoms with E-state index in [0.717, 1.165) is 37.1 Å². The lowest BCUT2D eigenvalue weighted by atomic mass is 9.77. The summed E-state index contributed by atoms with van der Waals surface area (Å²) in [5.41, 5.74) is 2.68. The van der Waals surface area contributed by atoms with Gasteiger partial charge >= 0.3 is 0 Å². The smallest absolute Gasteiger partial charge is 0.224 e. The van der Waals surface area contributed by atoms with Crippen molar-refractivity contribution < 1.29 is 9.53 Å². The topological polar surface area (TPSA) is 62.1 Å². The SMILES string of the molecule is COc1cccc([C@H]2CC[C@@H](CC(=O)Nc3ccc(C#N)cc3)CC2)c1. The maximum Gasteiger partial charge on any atom is 0.224 e. The monoisotopic (exact) mass is 348 g/mol. The summed E-state index contributed by atoms with van der Waals surface area (Å²) in [6.07, 6.45) is 4.93. The zero-order valence-electron chi connectivity index (χ0n) is 15.1. The van der Waals surface area contributed by atoms with E-state index in [-0.39, 0.29) is 5.91 Å². The van der Waals surface area contributed by atoms with Gasteiger partial charge in [-0.15, -0.1) is 0 Å². The van der Waals surface area contributed by atoms with Crippen LogP contribution in [0.3, 0.4) is 0 Å². The summed E-state index contributed by atoms with van der Waals surface area (Å²) < 4.78 is 5.32. The minimum absolute atomic E-state index is 0.0551. The summed E-state index contributed by atoms with van der Waals surface area (Å²) in [6.45, 7) is 0. The summed E-state index contributed by atoms with van der Waals surface area (Å²) in [4.78, 5) is 12.3. The molecule has 26 heavy (non-hydrogen) atoms. The third-order valence-electron chi connectivity index (χ3n) is 5.18. The summed E-state index contributed by atoms with van der Waals surface area (Å²) in [7, 11) is 1.70. The molecule has 1 aliphatic rings. The van der Waals surface area contributed by atoms with E-state index < -0.39 is 0 Å². The minimum atomic E-state index is 0.0551. The van der Waals surface area contributed by atoms with E-state index in [9.17, 15) is 4.79 Å². The van der Waals surface area contributed by atoms with Gasteiger partial charge in [0, 0.05) is 12.1 Å². The van der Waals surface area contributed by atoms with Crippen molar-refractivity contribution in [3.05, 3.63) is 59.7 Å². The van der Waals surface area contributed by atoms with E-state index in [4.69, 9.17) is 10.00 Å². The summed E-state index contributed by atoms with van der Waals surface area (Å²) in [6, 6.07) is 17.4. The van der Waals surface area contributed by atoms with Crippen molar-refractivity contribution in [3.8, 4) is 11.8 Å². The van der Waals surface area contributed by atoms with Gasteiger partial charge in [-0.1, -0.05) is 12.1 Å². The highest BCUT2D eigenvalue weighted by atomic mass is 16.5. The van der Waals surface area contributed by atoms with Crippen molar-refractivity contribution in [2.45, 2.75) is 38.0 Å². The Morgan fingerprint density at radius 2 is 1.88 bits per heavy atom. The van der Waals surface area contributed by atoms with Crippen molar-refractivity contribution in [1.82, 2.24) is 0 Å². The Kier molecular flexibility index (Phi) is 5.91. The molecule has 3 rings (SSSR count). The highest BCUT2D eigenvalue weighted by Crippen LogP contribution is 2.38. The molecule has 0 unspecified atom stereocenters. The van der Waals surface area contributed by atoms with Gasteiger partial charge in [-0.05, 0) is 79.5 Å². The van der Waals surface area contributed by atoms with E-state index >= 15 is 0 Å². The molecule has 1 aliphatic carbocycles. The van der Waals surface area contributed by atoms with Gasteiger partial charge in [0.15, 0.2) is 0 Å². The molecule has 2 aromatic carbocycles. The molecule has 0 aliphatic heterocycles. The molecule has 4 heteroatoms. The molecule has 2 aromatic rings. The van der Waals surface area contributed by atoms with Gasteiger partial charge < -0.3 is 10.1 Å². The molecule has 1 N–H and O–H groups in total. The molecule has 0 aromatic heterocycles. The molecule has 0 radical (unpaired) electrons. The lowest BCUT2D eigenvalue weighted by Gasteiger charge is -2.28. The second-order valence-corrected chi connectivity index (χ2v) is 6.94. The number of nitrogens with zero attached hydrogens (tertiary/aromatic N) is 1. The molecule has 0 heterocycles. The number of methoxy groups -OCH3 is 1. The number of nitrogens with one attached hydrogen (secondary N) is 1. The van der Waals surface area contributed by atoms with Crippen LogP contribution < -0.4 is 10.1 Å². The first kappa shape index (κ1) is 18.0. The van der Waals surface area contributed by atoms with Crippen LogP contribution >= 0.6 is 0 Å². The Labute approximate surface area is 154 Å². The Morgan fingerprint density at radius 1 is 1.15 bits per heavy atom. The first-order chi connectivity index (χ1) is 12.7. The maximum absolute atomic E-state index is 12.3. The van der Waals surface area contributed by atoms with Crippen LogP contribution in [0.4, 0.5) is 5.69 Å². The van der Waals surface area contributed by atoms with E-state index in [1.165, 1.54) is 5.56 Å². The van der Waals surface area contributed by atoms with E-state index in [0.29, 0.717) is 23.8 Å². The second kappa shape index (κ2) is 8.53. The molecule has 4 nitrogen and oxygen atoms in total. The number of amides is 1. The number of carbonyl (C=O) groups excluding carboxylic acids is 1. The molecule has 1 fully saturated rings. The number of carbonyl (C=O) groups is 1. The van der Waals surface area contributed by atoms with Crippen LogP contribution in [-0.2, 0) is 4.79 Å². The minimum Gasteiger partial charge on any atom is -0.497 e. The van der Waals surface area contributed by atoms with E-state index in [1.807, 2.05) is 12.1 Å². The fraction of sp³-hybridized carbons (Fsp3) is 0.364. The average Bonchev–Trinajstić information content (AvgIpc) is 2.69. The first-order valence-corrected chi connectivity index (χ1v) is 9.12. The highest BCUT2D eigenvalue weighted by molar-refractivity contribution is 5.90. The third-order valence-corrected chi connectivity index (χ3v) is 5.18. The number of benzene rings is 2. The lowest BCUT2D eigenvalue weighted by molar-refractivity contribution is -0.117. The molecule has 0 bridgehead atoms. The number of anilines is 1. The van der Waals surface area contributed by atoms with Gasteiger partial charge in [0.2, 0.25) is 5.91 Å². The normalized spacial score (nSPS) is 19.4. The molecule has 0 spiro atoms. The van der Waals surface area contributed by atoms with Crippen LogP contribution in [0.5, 0.6) is 5.75 Å². The van der Waals surface area contributed by atoms with Crippen molar-refractivity contribution in [2.75, 3.05) is 12.4 Å². The van der Waals surface area contributed by atoms with Crippen molar-refractivity contribution in [1.29, 1.82) is 5.26 Å². The molecular weight excluding hydrogens is 324 g/mol. The van der Waals surface area contributed by atoms with Crippen molar-refractivity contribution >= 4 is 11.6 Å². The molecule has 134 valence electrons. The Morgan fingerprint density at radius 3 is 2.54 bits per heavy atom. The van der Waals surface area contributed by atoms with Gasteiger partial charge in [-0.3, -0.25) is 4.79 Å². The standard InChI is InChI=1S/C22H24N2O2/c1-26-21-4-2-3-19(14-21)18-9-5-16(6-10-18)13-22(25)24-20-11-7-17(15-23)8-12-20/h2-4,7-8,11-12,14,16,18H,5-6,9-10,13H2,1H3,(H,24,25)/t16-,18+. The second-order valence-electron chi connectivity index (χ2n) is 6.94. The molecule has 0 atom stereocenters. The maximum atomic E-state index is 12.3. The van der Waals surface area contributed by atoms with Crippen LogP contribution in [0.1, 0.15) is 49.1 Å². The molecule has 1 amide bonds. The number of hydrogen-bond acceptors (Lipinski definition) is 3. The van der Waals surface area contributed by atoms with E-state index in [1.54, 1.807) is 31.4 Å². The van der Waals surface area contributed by atoms with Crippen LogP contribution in [0.25, 0.3) is 0 Å². The Hall–Kier alpha value is -2.80. The van der Waals surface area contributed by atoms with Crippen LogP contribution in [-0.4, -0.2) is 13.0 Å². The van der Waals surface area contributed by atoms with Gasteiger partial charge in [-0.2, -0.15) is 5.26 Å². The van der Waals surface area contributed by atoms with Gasteiger partial charge in [0.25, 0.3) is 0 Å². The Balaban J connectivity index is 1.48. The van der Waals surface area contributed by atoms with Gasteiger partial charge in [0.1, 0.15) is 5.75 Å². The number of ether oxygens (including phenoxy) is 1. The van der Waals surface area contributed by atoms with Crippen LogP contribution in [0, 0.1) is 17.2 Å². The predicted molar refractivity (Wildman–Crippen MR) is 102 cm³/mol. The lowest BCUT2D eigenvalue weighted by Crippen LogP contribution is -2.20. The largest absolute Gasteiger partial charge is 0.497 e. The molecule has 1 saturated carbocycles. The Bertz CT molecular complexity index is 785. The fourth-order valence-corrected chi connectivity index (χ4v) is 3.70. The highest BCUT2D eigenvalue weighted by Gasteiger charge is 2.24. The fourth-order valence-electron chi connectivity index (χ4n) is 3.70. The quantitative estimate of drug-likeness (QED) is 0.838. The third kappa shape index (κ3) is 4.64.